The number of hydrogen-bond donors (Lipinski definition) is 2. The molecule has 1 aromatic carbocycles. The molecule has 9 heteroatoms. The van der Waals surface area contributed by atoms with E-state index in [0.29, 0.717) is 17.9 Å². The zero-order chi connectivity index (χ0) is 16.8. The molecule has 0 fully saturated rings. The summed E-state index contributed by atoms with van der Waals surface area (Å²) in [4.78, 5) is 0. The second-order valence-corrected chi connectivity index (χ2v) is 7.99. The van der Waals surface area contributed by atoms with Crippen LogP contribution in [0.15, 0.2) is 35.5 Å². The van der Waals surface area contributed by atoms with Crippen molar-refractivity contribution in [2.75, 3.05) is 5.73 Å². The Morgan fingerprint density at radius 1 is 1.38 bits per heavy atom. The quantitative estimate of drug-likeness (QED) is 0.803. The van der Waals surface area contributed by atoms with Crippen molar-refractivity contribution in [1.29, 1.82) is 0 Å². The number of hydrogen-bond acceptors (Lipinski definition) is 5. The summed E-state index contributed by atoms with van der Waals surface area (Å²) in [6.45, 7) is 3.86. The summed E-state index contributed by atoms with van der Waals surface area (Å²) >= 11 is 0. The van der Waals surface area contributed by atoms with Gasteiger partial charge in [-0.1, -0.05) is 0 Å². The van der Waals surface area contributed by atoms with E-state index in [4.69, 9.17) is 10.5 Å². The molecule has 0 spiro atoms. The van der Waals surface area contributed by atoms with Crippen LogP contribution in [0, 0.1) is 0 Å². The van der Waals surface area contributed by atoms with Crippen LogP contribution in [-0.4, -0.2) is 23.8 Å². The number of rotatable bonds is 3. The maximum atomic E-state index is 12.6. The van der Waals surface area contributed by atoms with E-state index in [-0.39, 0.29) is 17.4 Å². The van der Waals surface area contributed by atoms with Gasteiger partial charge in [0.05, 0.1) is 12.2 Å². The van der Waals surface area contributed by atoms with Gasteiger partial charge in [0, 0.05) is 24.7 Å². The van der Waals surface area contributed by atoms with Crippen molar-refractivity contribution in [2.45, 2.75) is 36.9 Å². The molecular formula is C15H21ClN4O3S. The lowest BCUT2D eigenvalue weighted by atomic mass is 9.90. The molecule has 0 bridgehead atoms. The number of fused-ring (bicyclic) bond motifs is 1. The van der Waals surface area contributed by atoms with Gasteiger partial charge in [-0.25, -0.2) is 13.1 Å². The average Bonchev–Trinajstić information content (AvgIpc) is 2.85. The number of nitrogens with two attached hydrogens (primary N) is 1. The third-order valence-corrected chi connectivity index (χ3v) is 5.39. The Bertz CT molecular complexity index is 848. The first-order valence-corrected chi connectivity index (χ1v) is 8.75. The smallest absolute Gasteiger partial charge is 0.258 e. The molecule has 2 heterocycles. The summed E-state index contributed by atoms with van der Waals surface area (Å²) in [7, 11) is -2.11. The van der Waals surface area contributed by atoms with Crippen molar-refractivity contribution >= 4 is 28.1 Å². The second kappa shape index (κ2) is 6.27. The molecule has 24 heavy (non-hydrogen) atoms. The lowest BCUT2D eigenvalue weighted by Gasteiger charge is -2.37. The molecule has 1 unspecified atom stereocenters. The molecule has 3 rings (SSSR count). The van der Waals surface area contributed by atoms with Crippen LogP contribution in [0.1, 0.15) is 31.9 Å². The summed E-state index contributed by atoms with van der Waals surface area (Å²) in [5.74, 6) is 0.646. The fourth-order valence-corrected chi connectivity index (χ4v) is 4.19. The third-order valence-electron chi connectivity index (χ3n) is 3.84. The van der Waals surface area contributed by atoms with E-state index in [1.807, 2.05) is 13.8 Å². The lowest BCUT2D eigenvalue weighted by Crippen LogP contribution is -2.41. The Morgan fingerprint density at radius 2 is 2.08 bits per heavy atom. The monoisotopic (exact) mass is 372 g/mol. The molecule has 1 aliphatic heterocycles. The van der Waals surface area contributed by atoms with E-state index in [1.165, 1.54) is 16.9 Å². The van der Waals surface area contributed by atoms with Gasteiger partial charge in [0.2, 0.25) is 0 Å². The minimum absolute atomic E-state index is 0. The summed E-state index contributed by atoms with van der Waals surface area (Å²) in [6.07, 6.45) is 1.95. The van der Waals surface area contributed by atoms with Gasteiger partial charge in [0.1, 0.15) is 11.4 Å². The number of aryl methyl sites for hydroxylation is 1. The van der Waals surface area contributed by atoms with Crippen LogP contribution >= 0.6 is 12.4 Å². The molecule has 2 aromatic rings. The van der Waals surface area contributed by atoms with Gasteiger partial charge < -0.3 is 10.5 Å². The standard InChI is InChI=1S/C15H20N4O3S.ClH/c1-15(2)9-12(11-8-10(16)4-5-13(11)22-15)18-23(20,21)14-6-7-17-19(14)3;/h4-8,12,18H,9,16H2,1-3H3;1H. The fraction of sp³-hybridized carbons (Fsp3) is 0.400. The molecule has 3 N–H and O–H groups in total. The second-order valence-electron chi connectivity index (χ2n) is 6.33. The van der Waals surface area contributed by atoms with Gasteiger partial charge in [-0.3, -0.25) is 4.68 Å². The molecule has 0 saturated carbocycles. The number of benzene rings is 1. The van der Waals surface area contributed by atoms with Crippen molar-refractivity contribution in [3.05, 3.63) is 36.0 Å². The van der Waals surface area contributed by atoms with Crippen LogP contribution in [0.4, 0.5) is 5.69 Å². The minimum Gasteiger partial charge on any atom is -0.487 e. The normalized spacial score (nSPS) is 19.0. The first-order chi connectivity index (χ1) is 10.7. The van der Waals surface area contributed by atoms with Crippen LogP contribution < -0.4 is 15.2 Å². The number of nitrogens with one attached hydrogen (secondary N) is 1. The highest BCUT2D eigenvalue weighted by atomic mass is 35.5. The van der Waals surface area contributed by atoms with Crippen LogP contribution in [0.5, 0.6) is 5.75 Å². The number of anilines is 1. The van der Waals surface area contributed by atoms with Crippen molar-refractivity contribution in [1.82, 2.24) is 14.5 Å². The van der Waals surface area contributed by atoms with E-state index < -0.39 is 21.7 Å². The summed E-state index contributed by atoms with van der Waals surface area (Å²) in [5.41, 5.74) is 6.68. The van der Waals surface area contributed by atoms with Gasteiger partial charge in [-0.05, 0) is 38.1 Å². The van der Waals surface area contributed by atoms with Gasteiger partial charge in [0.15, 0.2) is 5.03 Å². The number of nitrogens with zero attached hydrogens (tertiary/aromatic N) is 2. The first-order valence-electron chi connectivity index (χ1n) is 7.27. The molecule has 0 aliphatic carbocycles. The molecule has 0 amide bonds. The van der Waals surface area contributed by atoms with E-state index in [0.717, 1.165) is 5.56 Å². The lowest BCUT2D eigenvalue weighted by molar-refractivity contribution is 0.0702. The largest absolute Gasteiger partial charge is 0.487 e. The summed E-state index contributed by atoms with van der Waals surface area (Å²) < 4.78 is 35.3. The van der Waals surface area contributed by atoms with E-state index in [1.54, 1.807) is 25.2 Å². The van der Waals surface area contributed by atoms with E-state index in [2.05, 4.69) is 9.82 Å². The third kappa shape index (κ3) is 3.50. The van der Waals surface area contributed by atoms with Crippen molar-refractivity contribution < 1.29 is 13.2 Å². The predicted molar refractivity (Wildman–Crippen MR) is 93.7 cm³/mol. The number of sulfonamides is 1. The molecule has 1 aliphatic rings. The highest BCUT2D eigenvalue weighted by Crippen LogP contribution is 2.40. The molecule has 0 saturated heterocycles. The topological polar surface area (TPSA) is 99.2 Å². The number of ether oxygens (including phenoxy) is 1. The van der Waals surface area contributed by atoms with Gasteiger partial charge in [-0.15, -0.1) is 12.4 Å². The van der Waals surface area contributed by atoms with Gasteiger partial charge in [0.25, 0.3) is 10.0 Å². The summed E-state index contributed by atoms with van der Waals surface area (Å²) in [6, 6.07) is 6.31. The Labute approximate surface area is 147 Å². The van der Waals surface area contributed by atoms with E-state index >= 15 is 0 Å². The van der Waals surface area contributed by atoms with Crippen LogP contribution in [-0.2, 0) is 17.1 Å². The number of halogens is 1. The molecule has 1 aromatic heterocycles. The Hall–Kier alpha value is -1.77. The Kier molecular flexibility index (Phi) is 4.85. The summed E-state index contributed by atoms with van der Waals surface area (Å²) in [5, 5.41) is 4.03. The number of aromatic nitrogens is 2. The molecule has 1 atom stereocenters. The predicted octanol–water partition coefficient (Wildman–Crippen LogP) is 2.00. The minimum atomic E-state index is -3.70. The number of nitrogen functional groups attached to an aromatic ring is 1. The SMILES string of the molecule is Cl.Cn1nccc1S(=O)(=O)NC1CC(C)(C)Oc2ccc(N)cc21. The van der Waals surface area contributed by atoms with Gasteiger partial charge >= 0.3 is 0 Å². The molecule has 0 radical (unpaired) electrons. The van der Waals surface area contributed by atoms with Crippen LogP contribution in [0.2, 0.25) is 0 Å². The molecule has 132 valence electrons. The molecular weight excluding hydrogens is 352 g/mol. The van der Waals surface area contributed by atoms with Crippen LogP contribution in [0.3, 0.4) is 0 Å². The van der Waals surface area contributed by atoms with Crippen molar-refractivity contribution in [3.63, 3.8) is 0 Å². The first kappa shape index (κ1) is 18.6. The van der Waals surface area contributed by atoms with Crippen molar-refractivity contribution in [2.24, 2.45) is 7.05 Å². The zero-order valence-electron chi connectivity index (χ0n) is 13.7. The highest BCUT2D eigenvalue weighted by molar-refractivity contribution is 7.89. The Balaban J connectivity index is 0.00000208. The molecule has 7 nitrogen and oxygen atoms in total. The van der Waals surface area contributed by atoms with E-state index in [9.17, 15) is 8.42 Å². The fourth-order valence-electron chi connectivity index (χ4n) is 2.85. The maximum absolute atomic E-state index is 12.6. The zero-order valence-corrected chi connectivity index (χ0v) is 15.3. The van der Waals surface area contributed by atoms with Crippen LogP contribution in [0.25, 0.3) is 0 Å². The van der Waals surface area contributed by atoms with Gasteiger partial charge in [-0.2, -0.15) is 5.10 Å². The maximum Gasteiger partial charge on any atom is 0.258 e. The highest BCUT2D eigenvalue weighted by Gasteiger charge is 2.36. The Morgan fingerprint density at radius 3 is 2.71 bits per heavy atom. The van der Waals surface area contributed by atoms with Crippen molar-refractivity contribution in [3.8, 4) is 5.75 Å². The average molecular weight is 373 g/mol.